The average molecular weight is 523 g/mol. The van der Waals surface area contributed by atoms with Gasteiger partial charge in [-0.15, -0.1) is 0 Å². The first-order valence-corrected chi connectivity index (χ1v) is 12.0. The van der Waals surface area contributed by atoms with Crippen molar-refractivity contribution >= 4 is 49.9 Å². The first kappa shape index (κ1) is 24.0. The van der Waals surface area contributed by atoms with Crippen molar-refractivity contribution in [2.75, 3.05) is 0 Å². The summed E-state index contributed by atoms with van der Waals surface area (Å²) >= 11 is 12.4. The van der Waals surface area contributed by atoms with Crippen LogP contribution in [0.4, 0.5) is 4.39 Å². The molecule has 0 aliphatic heterocycles. The maximum absolute atomic E-state index is 13.3. The maximum atomic E-state index is 13.3. The molecule has 0 saturated carbocycles. The Balaban J connectivity index is 1.91. The molecule has 1 heterocycles. The Kier molecular flexibility index (Phi) is 6.30. The summed E-state index contributed by atoms with van der Waals surface area (Å²) in [5.74, 6) is -2.20. The quantitative estimate of drug-likeness (QED) is 0.269. The standard InChI is InChI=1S/C23H17Cl2FN2O5S/c24-16-8-12(9-17(27)23(30)31)20(21(25)22(16)29)11-1-6-18-15(7-11)19(10-28-18)34(32,33)14-4-2-13(26)3-5-14/h1-8,10,17,28-29H,9,27H2,(H,30,31)/t17-/m0/s1. The number of hydrogen-bond acceptors (Lipinski definition) is 5. The Bertz CT molecular complexity index is 1540. The molecule has 0 bridgehead atoms. The molecule has 0 fully saturated rings. The average Bonchev–Trinajstić information content (AvgIpc) is 3.22. The summed E-state index contributed by atoms with van der Waals surface area (Å²) in [6.45, 7) is 0. The molecular formula is C23H17Cl2FN2O5S. The number of aliphatic carboxylic acids is 1. The summed E-state index contributed by atoms with van der Waals surface area (Å²) in [4.78, 5) is 14.1. The summed E-state index contributed by atoms with van der Waals surface area (Å²) in [5.41, 5.74) is 7.25. The van der Waals surface area contributed by atoms with E-state index < -0.39 is 33.4 Å². The zero-order valence-corrected chi connectivity index (χ0v) is 19.5. The number of hydrogen-bond donors (Lipinski definition) is 4. The van der Waals surface area contributed by atoms with E-state index in [0.29, 0.717) is 22.0 Å². The van der Waals surface area contributed by atoms with Crippen molar-refractivity contribution in [3.63, 3.8) is 0 Å². The van der Waals surface area contributed by atoms with Gasteiger partial charge in [-0.2, -0.15) is 0 Å². The van der Waals surface area contributed by atoms with Crippen LogP contribution in [0.5, 0.6) is 5.75 Å². The predicted octanol–water partition coefficient (Wildman–Crippen LogP) is 4.77. The molecule has 1 atom stereocenters. The number of aromatic amines is 1. The van der Waals surface area contributed by atoms with Crippen molar-refractivity contribution in [1.82, 2.24) is 4.98 Å². The van der Waals surface area contributed by atoms with E-state index in [1.54, 1.807) is 18.2 Å². The second kappa shape index (κ2) is 8.92. The fraction of sp³-hybridized carbons (Fsp3) is 0.0870. The first-order chi connectivity index (χ1) is 16.0. The minimum Gasteiger partial charge on any atom is -0.505 e. The van der Waals surface area contributed by atoms with Crippen LogP contribution in [0.25, 0.3) is 22.0 Å². The normalized spacial score (nSPS) is 12.7. The lowest BCUT2D eigenvalue weighted by atomic mass is 9.94. The van der Waals surface area contributed by atoms with Gasteiger partial charge in [-0.3, -0.25) is 4.79 Å². The van der Waals surface area contributed by atoms with E-state index in [0.717, 1.165) is 12.1 Å². The van der Waals surface area contributed by atoms with Gasteiger partial charge in [0.2, 0.25) is 9.84 Å². The number of halogens is 3. The molecule has 0 amide bonds. The topological polar surface area (TPSA) is 133 Å². The van der Waals surface area contributed by atoms with Crippen molar-refractivity contribution < 1.29 is 27.8 Å². The van der Waals surface area contributed by atoms with E-state index in [1.165, 1.54) is 24.4 Å². The second-order valence-electron chi connectivity index (χ2n) is 7.57. The van der Waals surface area contributed by atoms with Gasteiger partial charge in [0.1, 0.15) is 11.9 Å². The Labute approximate surface area is 203 Å². The van der Waals surface area contributed by atoms with Gasteiger partial charge in [-0.05, 0) is 60.0 Å². The summed E-state index contributed by atoms with van der Waals surface area (Å²) in [6.07, 6.45) is 1.19. The highest BCUT2D eigenvalue weighted by atomic mass is 35.5. The number of carboxylic acid groups (broad SMARTS) is 1. The number of sulfone groups is 1. The van der Waals surface area contributed by atoms with Gasteiger partial charge >= 0.3 is 5.97 Å². The van der Waals surface area contributed by atoms with Crippen LogP contribution < -0.4 is 5.73 Å². The zero-order valence-electron chi connectivity index (χ0n) is 17.2. The van der Waals surface area contributed by atoms with E-state index in [2.05, 4.69) is 4.98 Å². The number of carbonyl (C=O) groups is 1. The van der Waals surface area contributed by atoms with Gasteiger partial charge in [-0.25, -0.2) is 12.8 Å². The number of nitrogens with two attached hydrogens (primary N) is 1. The van der Waals surface area contributed by atoms with Crippen molar-refractivity contribution in [1.29, 1.82) is 0 Å². The molecule has 0 aliphatic rings. The smallest absolute Gasteiger partial charge is 0.320 e. The van der Waals surface area contributed by atoms with Crippen LogP contribution in [0.1, 0.15) is 5.56 Å². The van der Waals surface area contributed by atoms with Crippen LogP contribution in [0.3, 0.4) is 0 Å². The zero-order chi connectivity index (χ0) is 24.8. The molecule has 1 aromatic heterocycles. The molecule has 5 N–H and O–H groups in total. The van der Waals surface area contributed by atoms with E-state index in [-0.39, 0.29) is 31.8 Å². The minimum absolute atomic E-state index is 0.0472. The number of phenolic OH excluding ortho intramolecular Hbond substituents is 1. The van der Waals surface area contributed by atoms with Crippen LogP contribution in [0, 0.1) is 5.82 Å². The van der Waals surface area contributed by atoms with Gasteiger partial charge in [-0.1, -0.05) is 29.3 Å². The fourth-order valence-corrected chi connectivity index (χ4v) is 5.70. The van der Waals surface area contributed by atoms with Gasteiger partial charge in [0.05, 0.1) is 19.8 Å². The van der Waals surface area contributed by atoms with Gasteiger partial charge in [0.25, 0.3) is 0 Å². The van der Waals surface area contributed by atoms with E-state index in [4.69, 9.17) is 28.9 Å². The van der Waals surface area contributed by atoms with Crippen molar-refractivity contribution in [3.8, 4) is 16.9 Å². The molecule has 0 unspecified atom stereocenters. The third kappa shape index (κ3) is 4.23. The third-order valence-corrected chi connectivity index (χ3v) is 7.84. The highest BCUT2D eigenvalue weighted by Crippen LogP contribution is 2.43. The molecular weight excluding hydrogens is 506 g/mol. The van der Waals surface area contributed by atoms with E-state index >= 15 is 0 Å². The lowest BCUT2D eigenvalue weighted by molar-refractivity contribution is -0.138. The number of carboxylic acids is 1. The lowest BCUT2D eigenvalue weighted by Gasteiger charge is -2.16. The molecule has 11 heteroatoms. The predicted molar refractivity (Wildman–Crippen MR) is 127 cm³/mol. The monoisotopic (exact) mass is 522 g/mol. The SMILES string of the molecule is N[C@@H](Cc1cc(Cl)c(O)c(Cl)c1-c1ccc2[nH]cc(S(=O)(=O)c3ccc(F)cc3)c2c1)C(=O)O. The van der Waals surface area contributed by atoms with Crippen molar-refractivity contribution in [2.24, 2.45) is 5.73 Å². The third-order valence-electron chi connectivity index (χ3n) is 5.38. The number of aromatic nitrogens is 1. The van der Waals surface area contributed by atoms with Crippen LogP contribution in [0.15, 0.2) is 64.5 Å². The molecule has 0 spiro atoms. The number of rotatable bonds is 6. The molecule has 0 aliphatic carbocycles. The minimum atomic E-state index is -4.00. The van der Waals surface area contributed by atoms with Crippen molar-refractivity contribution in [2.45, 2.75) is 22.3 Å². The molecule has 0 saturated heterocycles. The number of phenols is 1. The molecule has 3 aromatic carbocycles. The number of fused-ring (bicyclic) bond motifs is 1. The van der Waals surface area contributed by atoms with Crippen LogP contribution in [-0.4, -0.2) is 35.6 Å². The van der Waals surface area contributed by atoms with Crippen molar-refractivity contribution in [3.05, 3.63) is 76.2 Å². The van der Waals surface area contributed by atoms with Crippen LogP contribution in [-0.2, 0) is 21.1 Å². The Morgan fingerprint density at radius 3 is 2.44 bits per heavy atom. The molecule has 4 aromatic rings. The molecule has 7 nitrogen and oxygen atoms in total. The molecule has 34 heavy (non-hydrogen) atoms. The molecule has 0 radical (unpaired) electrons. The first-order valence-electron chi connectivity index (χ1n) is 9.81. The van der Waals surface area contributed by atoms with Crippen LogP contribution >= 0.6 is 23.2 Å². The maximum Gasteiger partial charge on any atom is 0.320 e. The molecule has 4 rings (SSSR count). The Morgan fingerprint density at radius 1 is 1.12 bits per heavy atom. The number of nitrogens with one attached hydrogen (secondary N) is 1. The Morgan fingerprint density at radius 2 is 1.79 bits per heavy atom. The van der Waals surface area contributed by atoms with Gasteiger partial charge in [0.15, 0.2) is 5.75 Å². The number of benzene rings is 3. The van der Waals surface area contributed by atoms with E-state index in [9.17, 15) is 27.8 Å². The Hall–Kier alpha value is -3.11. The summed E-state index contributed by atoms with van der Waals surface area (Å²) in [6, 6.07) is 9.38. The summed E-state index contributed by atoms with van der Waals surface area (Å²) < 4.78 is 39.7. The van der Waals surface area contributed by atoms with Crippen LogP contribution in [0.2, 0.25) is 10.0 Å². The highest BCUT2D eigenvalue weighted by molar-refractivity contribution is 7.91. The van der Waals surface area contributed by atoms with E-state index in [1.807, 2.05) is 0 Å². The molecule has 176 valence electrons. The number of H-pyrrole nitrogens is 1. The number of aromatic hydroxyl groups is 1. The largest absolute Gasteiger partial charge is 0.505 e. The van der Waals surface area contributed by atoms with Gasteiger partial charge in [0, 0.05) is 22.7 Å². The summed E-state index contributed by atoms with van der Waals surface area (Å²) in [7, 11) is -4.00. The second-order valence-corrected chi connectivity index (χ2v) is 10.3. The lowest BCUT2D eigenvalue weighted by Crippen LogP contribution is -2.32. The highest BCUT2D eigenvalue weighted by Gasteiger charge is 2.25. The summed E-state index contributed by atoms with van der Waals surface area (Å²) in [5, 5.41) is 19.6. The fourth-order valence-electron chi connectivity index (χ4n) is 3.67. The van der Waals surface area contributed by atoms with Gasteiger partial charge < -0.3 is 20.9 Å².